The highest BCUT2D eigenvalue weighted by Gasteiger charge is 2.43. The van der Waals surface area contributed by atoms with Crippen LogP contribution in [0.4, 0.5) is 0 Å². The number of hydrogen-bond donors (Lipinski definition) is 2. The van der Waals surface area contributed by atoms with Crippen LogP contribution in [-0.4, -0.2) is 36.6 Å². The molecule has 3 aliphatic rings. The van der Waals surface area contributed by atoms with Crippen molar-refractivity contribution in [2.75, 3.05) is 0 Å². The summed E-state index contributed by atoms with van der Waals surface area (Å²) in [4.78, 5) is 25.6. The Morgan fingerprint density at radius 2 is 1.78 bits per heavy atom. The molecule has 2 aliphatic carbocycles. The summed E-state index contributed by atoms with van der Waals surface area (Å²) in [5, 5.41) is 5.65. The van der Waals surface area contributed by atoms with E-state index in [9.17, 15) is 18.0 Å². The summed E-state index contributed by atoms with van der Waals surface area (Å²) in [6, 6.07) is 5.35. The number of nitrogens with one attached hydrogen (secondary N) is 2. The molecule has 0 bridgehead atoms. The number of sulfonamides is 1. The second-order valence-corrected chi connectivity index (χ2v) is 12.0. The first-order valence-corrected chi connectivity index (χ1v) is 12.9. The lowest BCUT2D eigenvalue weighted by Crippen LogP contribution is -2.53. The fourth-order valence-electron chi connectivity index (χ4n) is 5.13. The van der Waals surface area contributed by atoms with Crippen LogP contribution in [0.15, 0.2) is 41.6 Å². The zero-order chi connectivity index (χ0) is 23.1. The quantitative estimate of drug-likeness (QED) is 0.683. The first-order chi connectivity index (χ1) is 15.1. The van der Waals surface area contributed by atoms with Crippen molar-refractivity contribution in [3.63, 3.8) is 0 Å². The minimum atomic E-state index is -3.97. The maximum atomic E-state index is 13.2. The van der Waals surface area contributed by atoms with Gasteiger partial charge in [-0.15, -0.1) is 0 Å². The number of rotatable bonds is 6. The standard InChI is InChI=1S/C24H33N3O4S/c1-16-4-9-19(10-5-16)32(30,31)27-13-12-25-23(29)20(27)14-22(28)26-21-11-8-18(17-6-7-17)15-24(21,2)3/h4-5,9-10,12-13,17-18,20-21H,6-8,11,14-15H2,1-3H3,(H,25,29)(H,26,28)/t18?,20-,21-/m1/s1. The second kappa shape index (κ2) is 8.54. The lowest BCUT2D eigenvalue weighted by Gasteiger charge is -2.43. The number of carbonyl (C=O) groups excluding carboxylic acids is 2. The lowest BCUT2D eigenvalue weighted by atomic mass is 9.67. The van der Waals surface area contributed by atoms with Crippen LogP contribution >= 0.6 is 0 Å². The number of carbonyl (C=O) groups is 2. The Morgan fingerprint density at radius 3 is 2.41 bits per heavy atom. The summed E-state index contributed by atoms with van der Waals surface area (Å²) >= 11 is 0. The van der Waals surface area contributed by atoms with Crippen molar-refractivity contribution in [3.8, 4) is 0 Å². The molecule has 1 aromatic carbocycles. The molecule has 2 N–H and O–H groups in total. The fraction of sp³-hybridized carbons (Fsp3) is 0.583. The molecule has 1 aliphatic heterocycles. The SMILES string of the molecule is Cc1ccc(S(=O)(=O)N2C=CNC(=O)[C@H]2CC(=O)N[C@@H]2CCC(C3CC3)CC2(C)C)cc1. The molecule has 0 aromatic heterocycles. The van der Waals surface area contributed by atoms with E-state index in [4.69, 9.17) is 0 Å². The van der Waals surface area contributed by atoms with E-state index in [2.05, 4.69) is 24.5 Å². The van der Waals surface area contributed by atoms with Crippen molar-refractivity contribution >= 4 is 21.8 Å². The molecule has 1 unspecified atom stereocenters. The normalized spacial score (nSPS) is 27.7. The number of nitrogens with zero attached hydrogens (tertiary/aromatic N) is 1. The van der Waals surface area contributed by atoms with Gasteiger partial charge in [0.2, 0.25) is 11.8 Å². The zero-order valence-electron chi connectivity index (χ0n) is 19.0. The van der Waals surface area contributed by atoms with Crippen LogP contribution in [0.25, 0.3) is 0 Å². The van der Waals surface area contributed by atoms with E-state index < -0.39 is 22.0 Å². The maximum Gasteiger partial charge on any atom is 0.264 e. The van der Waals surface area contributed by atoms with Gasteiger partial charge in [-0.3, -0.25) is 13.9 Å². The third-order valence-corrected chi connectivity index (χ3v) is 9.01. The van der Waals surface area contributed by atoms with E-state index in [1.807, 2.05) is 6.92 Å². The molecule has 2 amide bonds. The van der Waals surface area contributed by atoms with Gasteiger partial charge in [0.15, 0.2) is 0 Å². The predicted molar refractivity (Wildman–Crippen MR) is 122 cm³/mol. The Labute approximate surface area is 190 Å². The van der Waals surface area contributed by atoms with E-state index in [1.54, 1.807) is 12.1 Å². The molecule has 1 aromatic rings. The third kappa shape index (κ3) is 4.70. The summed E-state index contributed by atoms with van der Waals surface area (Å²) in [6.45, 7) is 6.25. The van der Waals surface area contributed by atoms with Gasteiger partial charge in [0.05, 0.1) is 11.3 Å². The highest BCUT2D eigenvalue weighted by Crippen LogP contribution is 2.49. The minimum Gasteiger partial charge on any atom is -0.353 e. The van der Waals surface area contributed by atoms with E-state index in [1.165, 1.54) is 37.4 Å². The van der Waals surface area contributed by atoms with Gasteiger partial charge in [0, 0.05) is 18.4 Å². The van der Waals surface area contributed by atoms with Gasteiger partial charge in [-0.25, -0.2) is 8.42 Å². The van der Waals surface area contributed by atoms with Crippen LogP contribution in [0.1, 0.15) is 57.9 Å². The Balaban J connectivity index is 1.46. The monoisotopic (exact) mass is 459 g/mol. The van der Waals surface area contributed by atoms with Crippen LogP contribution < -0.4 is 10.6 Å². The molecular weight excluding hydrogens is 426 g/mol. The molecule has 2 saturated carbocycles. The smallest absolute Gasteiger partial charge is 0.264 e. The molecule has 4 rings (SSSR count). The molecule has 8 heteroatoms. The van der Waals surface area contributed by atoms with Gasteiger partial charge in [0.1, 0.15) is 6.04 Å². The van der Waals surface area contributed by atoms with Gasteiger partial charge in [-0.1, -0.05) is 31.5 Å². The van der Waals surface area contributed by atoms with Crippen LogP contribution in [0.5, 0.6) is 0 Å². The summed E-state index contributed by atoms with van der Waals surface area (Å²) in [6.07, 6.45) is 8.16. The van der Waals surface area contributed by atoms with E-state index in [-0.39, 0.29) is 28.7 Å². The Kier molecular flexibility index (Phi) is 6.09. The summed E-state index contributed by atoms with van der Waals surface area (Å²) in [5.74, 6) is 0.786. The molecule has 2 fully saturated rings. The van der Waals surface area contributed by atoms with E-state index in [0.29, 0.717) is 0 Å². The summed E-state index contributed by atoms with van der Waals surface area (Å²) in [5.41, 5.74) is 0.912. The summed E-state index contributed by atoms with van der Waals surface area (Å²) in [7, 11) is -3.97. The van der Waals surface area contributed by atoms with Crippen LogP contribution in [0.3, 0.4) is 0 Å². The van der Waals surface area contributed by atoms with Crippen molar-refractivity contribution in [2.24, 2.45) is 17.3 Å². The Bertz CT molecular complexity index is 1010. The van der Waals surface area contributed by atoms with Gasteiger partial charge >= 0.3 is 0 Å². The third-order valence-electron chi connectivity index (χ3n) is 7.21. The van der Waals surface area contributed by atoms with Gasteiger partial charge in [-0.05, 0) is 68.4 Å². The Hall–Kier alpha value is -2.35. The largest absolute Gasteiger partial charge is 0.353 e. The molecular formula is C24H33N3O4S. The molecule has 0 saturated heterocycles. The average molecular weight is 460 g/mol. The predicted octanol–water partition coefficient (Wildman–Crippen LogP) is 3.07. The minimum absolute atomic E-state index is 0.0225. The van der Waals surface area contributed by atoms with Crippen LogP contribution in [0.2, 0.25) is 0 Å². The van der Waals surface area contributed by atoms with E-state index in [0.717, 1.165) is 41.0 Å². The van der Waals surface area contributed by atoms with Gasteiger partial charge in [-0.2, -0.15) is 0 Å². The second-order valence-electron chi connectivity index (χ2n) is 10.2. The molecule has 3 atom stereocenters. The first kappa shape index (κ1) is 22.8. The van der Waals surface area contributed by atoms with Crippen molar-refractivity contribution in [3.05, 3.63) is 42.2 Å². The number of hydrogen-bond acceptors (Lipinski definition) is 4. The van der Waals surface area contributed by atoms with Gasteiger partial charge < -0.3 is 10.6 Å². The average Bonchev–Trinajstić information content (AvgIpc) is 3.56. The summed E-state index contributed by atoms with van der Waals surface area (Å²) < 4.78 is 27.4. The van der Waals surface area contributed by atoms with Crippen molar-refractivity contribution in [1.29, 1.82) is 0 Å². The van der Waals surface area contributed by atoms with E-state index >= 15 is 0 Å². The number of aryl methyl sites for hydroxylation is 1. The zero-order valence-corrected chi connectivity index (χ0v) is 19.8. The molecule has 7 nitrogen and oxygen atoms in total. The number of amides is 2. The van der Waals surface area contributed by atoms with Crippen molar-refractivity contribution in [1.82, 2.24) is 14.9 Å². The first-order valence-electron chi connectivity index (χ1n) is 11.4. The van der Waals surface area contributed by atoms with Crippen molar-refractivity contribution < 1.29 is 18.0 Å². The molecule has 174 valence electrons. The molecule has 0 spiro atoms. The lowest BCUT2D eigenvalue weighted by molar-refractivity contribution is -0.130. The fourth-order valence-corrected chi connectivity index (χ4v) is 6.58. The van der Waals surface area contributed by atoms with Crippen molar-refractivity contribution in [2.45, 2.75) is 76.3 Å². The van der Waals surface area contributed by atoms with Crippen LogP contribution in [-0.2, 0) is 19.6 Å². The molecule has 1 heterocycles. The van der Waals surface area contributed by atoms with Crippen LogP contribution in [0, 0.1) is 24.2 Å². The topological polar surface area (TPSA) is 95.6 Å². The van der Waals surface area contributed by atoms with Gasteiger partial charge in [0.25, 0.3) is 10.0 Å². The number of benzene rings is 1. The highest BCUT2D eigenvalue weighted by atomic mass is 32.2. The Morgan fingerprint density at radius 1 is 1.12 bits per heavy atom. The molecule has 0 radical (unpaired) electrons. The maximum absolute atomic E-state index is 13.2. The highest BCUT2D eigenvalue weighted by molar-refractivity contribution is 7.89. The molecule has 32 heavy (non-hydrogen) atoms.